The number of anilines is 1. The highest BCUT2D eigenvalue weighted by molar-refractivity contribution is 5.44. The summed E-state index contributed by atoms with van der Waals surface area (Å²) in [5, 5.41) is 0. The Kier molecular flexibility index (Phi) is 3.87. The maximum atomic E-state index is 5.71. The fourth-order valence-corrected chi connectivity index (χ4v) is 2.06. The molecule has 17 heavy (non-hydrogen) atoms. The number of hydrogen-bond acceptors (Lipinski definition) is 3. The maximum absolute atomic E-state index is 5.71. The van der Waals surface area contributed by atoms with Gasteiger partial charge in [-0.25, -0.2) is 0 Å². The summed E-state index contributed by atoms with van der Waals surface area (Å²) >= 11 is 0. The van der Waals surface area contributed by atoms with Crippen LogP contribution >= 0.6 is 0 Å². The zero-order chi connectivity index (χ0) is 12.3. The summed E-state index contributed by atoms with van der Waals surface area (Å²) in [5.41, 5.74) is 1.25. The Bertz CT molecular complexity index is 378. The molecule has 0 amide bonds. The number of nitrogens with zero attached hydrogens (tertiary/aromatic N) is 2. The fraction of sp³-hybridized carbons (Fsp3) is 0.643. The summed E-state index contributed by atoms with van der Waals surface area (Å²) < 4.78 is 5.71. The molecule has 0 saturated carbocycles. The van der Waals surface area contributed by atoms with Gasteiger partial charge in [-0.2, -0.15) is 4.98 Å². The molecule has 1 aliphatic rings. The number of rotatable bonds is 3. The monoisotopic (exact) mass is 234 g/mol. The first-order chi connectivity index (χ1) is 8.22. The van der Waals surface area contributed by atoms with Crippen molar-refractivity contribution in [2.75, 3.05) is 18.6 Å². The highest BCUT2D eigenvalue weighted by atomic mass is 16.5. The highest BCUT2D eigenvalue weighted by Gasteiger charge is 2.14. The van der Waals surface area contributed by atoms with Crippen LogP contribution in [0.15, 0.2) is 12.1 Å². The van der Waals surface area contributed by atoms with Crippen molar-refractivity contribution in [1.82, 2.24) is 4.98 Å². The first-order valence-corrected chi connectivity index (χ1v) is 6.58. The van der Waals surface area contributed by atoms with Crippen LogP contribution in [0, 0.1) is 0 Å². The lowest BCUT2D eigenvalue weighted by atomic mass is 10.1. The quantitative estimate of drug-likeness (QED) is 0.804. The summed E-state index contributed by atoms with van der Waals surface area (Å²) in [6.45, 7) is 5.21. The summed E-state index contributed by atoms with van der Waals surface area (Å²) in [5.74, 6) is 1.86. The molecule has 0 saturated heterocycles. The lowest BCUT2D eigenvalue weighted by Gasteiger charge is -2.25. The second-order valence-corrected chi connectivity index (χ2v) is 4.81. The van der Waals surface area contributed by atoms with Crippen LogP contribution in [0.2, 0.25) is 0 Å². The Balaban J connectivity index is 2.23. The summed E-state index contributed by atoms with van der Waals surface area (Å²) in [4.78, 5) is 6.86. The molecule has 0 aliphatic carbocycles. The molecule has 1 aromatic rings. The smallest absolute Gasteiger partial charge is 0.218 e. The SMILES string of the molecule is CCC(C)N(C)c1ccc2c(n1)OCCCC2. The van der Waals surface area contributed by atoms with E-state index in [9.17, 15) is 0 Å². The molecular formula is C14H22N2O. The topological polar surface area (TPSA) is 25.4 Å². The molecule has 0 aromatic carbocycles. The average molecular weight is 234 g/mol. The zero-order valence-electron chi connectivity index (χ0n) is 11.1. The van der Waals surface area contributed by atoms with Crippen molar-refractivity contribution in [2.24, 2.45) is 0 Å². The minimum Gasteiger partial charge on any atom is -0.477 e. The van der Waals surface area contributed by atoms with E-state index in [-0.39, 0.29) is 0 Å². The van der Waals surface area contributed by atoms with Crippen LogP contribution in [0.1, 0.15) is 38.7 Å². The minimum atomic E-state index is 0.506. The molecule has 94 valence electrons. The van der Waals surface area contributed by atoms with Crippen LogP contribution in [0.5, 0.6) is 5.88 Å². The molecule has 0 fully saturated rings. The van der Waals surface area contributed by atoms with E-state index in [1.165, 1.54) is 12.0 Å². The Morgan fingerprint density at radius 1 is 1.41 bits per heavy atom. The molecular weight excluding hydrogens is 212 g/mol. The van der Waals surface area contributed by atoms with E-state index in [0.29, 0.717) is 6.04 Å². The van der Waals surface area contributed by atoms with E-state index in [1.54, 1.807) is 0 Å². The van der Waals surface area contributed by atoms with E-state index >= 15 is 0 Å². The molecule has 2 rings (SSSR count). The van der Waals surface area contributed by atoms with E-state index in [0.717, 1.165) is 37.6 Å². The third-order valence-electron chi connectivity index (χ3n) is 3.62. The summed E-state index contributed by atoms with van der Waals surface area (Å²) in [6, 6.07) is 4.79. The first-order valence-electron chi connectivity index (χ1n) is 6.58. The van der Waals surface area contributed by atoms with Crippen LogP contribution in [-0.2, 0) is 6.42 Å². The molecule has 3 heteroatoms. The molecule has 3 nitrogen and oxygen atoms in total. The molecule has 1 aliphatic heterocycles. The van der Waals surface area contributed by atoms with E-state index in [4.69, 9.17) is 4.74 Å². The first kappa shape index (κ1) is 12.2. The van der Waals surface area contributed by atoms with Gasteiger partial charge in [-0.1, -0.05) is 6.92 Å². The van der Waals surface area contributed by atoms with Gasteiger partial charge in [-0.05, 0) is 44.7 Å². The number of hydrogen-bond donors (Lipinski definition) is 0. The van der Waals surface area contributed by atoms with Crippen LogP contribution in [0.4, 0.5) is 5.82 Å². The second kappa shape index (κ2) is 5.39. The van der Waals surface area contributed by atoms with Crippen molar-refractivity contribution in [3.8, 4) is 5.88 Å². The zero-order valence-corrected chi connectivity index (χ0v) is 11.1. The van der Waals surface area contributed by atoms with Gasteiger partial charge >= 0.3 is 0 Å². The number of aromatic nitrogens is 1. The van der Waals surface area contributed by atoms with Crippen LogP contribution < -0.4 is 9.64 Å². The predicted octanol–water partition coefficient (Wildman–Crippen LogP) is 3.03. The maximum Gasteiger partial charge on any atom is 0.218 e. The minimum absolute atomic E-state index is 0.506. The molecule has 1 unspecified atom stereocenters. The Morgan fingerprint density at radius 2 is 2.24 bits per heavy atom. The normalized spacial score (nSPS) is 16.6. The van der Waals surface area contributed by atoms with E-state index < -0.39 is 0 Å². The van der Waals surface area contributed by atoms with Crippen LogP contribution in [0.3, 0.4) is 0 Å². The van der Waals surface area contributed by atoms with Crippen molar-refractivity contribution in [1.29, 1.82) is 0 Å². The second-order valence-electron chi connectivity index (χ2n) is 4.81. The van der Waals surface area contributed by atoms with Gasteiger partial charge in [0.05, 0.1) is 6.61 Å². The third kappa shape index (κ3) is 2.71. The van der Waals surface area contributed by atoms with Gasteiger partial charge in [0, 0.05) is 18.7 Å². The van der Waals surface area contributed by atoms with Crippen molar-refractivity contribution < 1.29 is 4.74 Å². The van der Waals surface area contributed by atoms with Gasteiger partial charge in [0.25, 0.3) is 0 Å². The Morgan fingerprint density at radius 3 is 3.00 bits per heavy atom. The molecule has 1 atom stereocenters. The van der Waals surface area contributed by atoms with Gasteiger partial charge < -0.3 is 9.64 Å². The molecule has 0 radical (unpaired) electrons. The molecule has 0 bridgehead atoms. The van der Waals surface area contributed by atoms with Crippen molar-refractivity contribution in [3.05, 3.63) is 17.7 Å². The molecule has 0 N–H and O–H groups in total. The number of aryl methyl sites for hydroxylation is 1. The fourth-order valence-electron chi connectivity index (χ4n) is 2.06. The van der Waals surface area contributed by atoms with E-state index in [2.05, 4.69) is 42.9 Å². The lowest BCUT2D eigenvalue weighted by Crippen LogP contribution is -2.28. The number of pyridine rings is 1. The van der Waals surface area contributed by atoms with Gasteiger partial charge in [0.1, 0.15) is 5.82 Å². The number of fused-ring (bicyclic) bond motifs is 1. The summed E-state index contributed by atoms with van der Waals surface area (Å²) in [6.07, 6.45) is 4.55. The van der Waals surface area contributed by atoms with Crippen molar-refractivity contribution in [2.45, 2.75) is 45.6 Å². The number of ether oxygens (including phenoxy) is 1. The van der Waals surface area contributed by atoms with E-state index in [1.807, 2.05) is 0 Å². The van der Waals surface area contributed by atoms with Gasteiger partial charge in [-0.3, -0.25) is 0 Å². The van der Waals surface area contributed by atoms with Gasteiger partial charge in [0.15, 0.2) is 0 Å². The summed E-state index contributed by atoms with van der Waals surface area (Å²) in [7, 11) is 2.10. The Labute approximate surface area is 104 Å². The average Bonchev–Trinajstić information content (AvgIpc) is 2.61. The van der Waals surface area contributed by atoms with Crippen molar-refractivity contribution in [3.63, 3.8) is 0 Å². The lowest BCUT2D eigenvalue weighted by molar-refractivity contribution is 0.305. The molecule has 1 aromatic heterocycles. The highest BCUT2D eigenvalue weighted by Crippen LogP contribution is 2.25. The molecule has 2 heterocycles. The third-order valence-corrected chi connectivity index (χ3v) is 3.62. The Hall–Kier alpha value is -1.25. The van der Waals surface area contributed by atoms with Gasteiger partial charge in [0.2, 0.25) is 5.88 Å². The van der Waals surface area contributed by atoms with Gasteiger partial charge in [-0.15, -0.1) is 0 Å². The standard InChI is InChI=1S/C14H22N2O/c1-4-11(2)16(3)13-9-8-12-7-5-6-10-17-14(12)15-13/h8-9,11H,4-7,10H2,1-3H3. The largest absolute Gasteiger partial charge is 0.477 e. The molecule has 0 spiro atoms. The predicted molar refractivity (Wildman–Crippen MR) is 70.8 cm³/mol. The van der Waals surface area contributed by atoms with Crippen LogP contribution in [0.25, 0.3) is 0 Å². The van der Waals surface area contributed by atoms with Crippen molar-refractivity contribution >= 4 is 5.82 Å². The van der Waals surface area contributed by atoms with Crippen LogP contribution in [-0.4, -0.2) is 24.7 Å².